The fraction of sp³-hybridized carbons (Fsp3) is 0.750. The second-order valence-corrected chi connectivity index (χ2v) is 4.01. The SMILES string of the molecule is NC(=CC(=O)O)CCCCCCCCCO. The third kappa shape index (κ3) is 11.0. The Labute approximate surface area is 97.2 Å². The Bertz CT molecular complexity index is 214. The monoisotopic (exact) mass is 229 g/mol. The van der Waals surface area contributed by atoms with Gasteiger partial charge in [-0.1, -0.05) is 32.1 Å². The highest BCUT2D eigenvalue weighted by Gasteiger charge is 1.96. The van der Waals surface area contributed by atoms with E-state index in [1.807, 2.05) is 0 Å². The molecule has 94 valence electrons. The summed E-state index contributed by atoms with van der Waals surface area (Å²) >= 11 is 0. The van der Waals surface area contributed by atoms with Crippen LogP contribution in [-0.2, 0) is 4.79 Å². The van der Waals surface area contributed by atoms with Gasteiger partial charge in [0.25, 0.3) is 0 Å². The van der Waals surface area contributed by atoms with E-state index in [0.29, 0.717) is 12.1 Å². The van der Waals surface area contributed by atoms with Gasteiger partial charge in [-0.05, 0) is 19.3 Å². The first-order valence-corrected chi connectivity index (χ1v) is 5.96. The third-order valence-electron chi connectivity index (χ3n) is 2.43. The quantitative estimate of drug-likeness (QED) is 0.395. The topological polar surface area (TPSA) is 83.6 Å². The molecule has 0 radical (unpaired) electrons. The molecule has 0 bridgehead atoms. The van der Waals surface area contributed by atoms with Gasteiger partial charge in [-0.25, -0.2) is 4.79 Å². The number of aliphatic hydroxyl groups excluding tert-OH is 1. The molecule has 4 nitrogen and oxygen atoms in total. The lowest BCUT2D eigenvalue weighted by atomic mass is 10.1. The molecule has 0 spiro atoms. The van der Waals surface area contributed by atoms with Crippen LogP contribution in [0.1, 0.15) is 51.4 Å². The van der Waals surface area contributed by atoms with Gasteiger partial charge in [0.2, 0.25) is 0 Å². The maximum Gasteiger partial charge on any atom is 0.330 e. The molecule has 16 heavy (non-hydrogen) atoms. The highest BCUT2D eigenvalue weighted by Crippen LogP contribution is 2.10. The fourth-order valence-electron chi connectivity index (χ4n) is 1.56. The van der Waals surface area contributed by atoms with Crippen molar-refractivity contribution in [3.8, 4) is 0 Å². The molecule has 0 aromatic rings. The lowest BCUT2D eigenvalue weighted by Crippen LogP contribution is -2.01. The Hall–Kier alpha value is -1.03. The number of allylic oxidation sites excluding steroid dienone is 1. The number of carboxylic acids is 1. The van der Waals surface area contributed by atoms with Gasteiger partial charge in [0, 0.05) is 18.4 Å². The molecular weight excluding hydrogens is 206 g/mol. The van der Waals surface area contributed by atoms with Crippen molar-refractivity contribution >= 4 is 5.97 Å². The van der Waals surface area contributed by atoms with Crippen molar-refractivity contribution in [3.05, 3.63) is 11.8 Å². The van der Waals surface area contributed by atoms with Crippen LogP contribution < -0.4 is 5.73 Å². The average molecular weight is 229 g/mol. The van der Waals surface area contributed by atoms with Crippen molar-refractivity contribution in [2.45, 2.75) is 51.4 Å². The summed E-state index contributed by atoms with van der Waals surface area (Å²) in [7, 11) is 0. The van der Waals surface area contributed by atoms with E-state index >= 15 is 0 Å². The Kier molecular flexibility index (Phi) is 9.81. The number of hydrogen-bond acceptors (Lipinski definition) is 3. The van der Waals surface area contributed by atoms with Gasteiger partial charge >= 0.3 is 5.97 Å². The first kappa shape index (κ1) is 15.0. The van der Waals surface area contributed by atoms with E-state index in [-0.39, 0.29) is 6.61 Å². The van der Waals surface area contributed by atoms with Crippen LogP contribution in [0.15, 0.2) is 11.8 Å². The van der Waals surface area contributed by atoms with E-state index < -0.39 is 5.97 Å². The predicted octanol–water partition coefficient (Wildman–Crippen LogP) is 2.03. The Morgan fingerprint density at radius 2 is 1.50 bits per heavy atom. The Balaban J connectivity index is 3.24. The molecule has 0 amide bonds. The second-order valence-electron chi connectivity index (χ2n) is 4.01. The number of unbranched alkanes of at least 4 members (excludes halogenated alkanes) is 6. The summed E-state index contributed by atoms with van der Waals surface area (Å²) in [6, 6.07) is 0. The van der Waals surface area contributed by atoms with E-state index in [1.54, 1.807) is 0 Å². The first-order valence-electron chi connectivity index (χ1n) is 5.96. The molecule has 0 fully saturated rings. The largest absolute Gasteiger partial charge is 0.478 e. The van der Waals surface area contributed by atoms with Gasteiger partial charge < -0.3 is 15.9 Å². The standard InChI is InChI=1S/C12H23NO3/c13-11(10-12(15)16)8-6-4-2-1-3-5-7-9-14/h10,14H,1-9,13H2,(H,15,16). The van der Waals surface area contributed by atoms with Crippen molar-refractivity contribution < 1.29 is 15.0 Å². The summed E-state index contributed by atoms with van der Waals surface area (Å²) in [5, 5.41) is 17.0. The molecule has 0 rings (SSSR count). The van der Waals surface area contributed by atoms with Gasteiger partial charge in [-0.2, -0.15) is 0 Å². The van der Waals surface area contributed by atoms with Gasteiger partial charge in [-0.3, -0.25) is 0 Å². The number of aliphatic carboxylic acids is 1. The summed E-state index contributed by atoms with van der Waals surface area (Å²) in [6.45, 7) is 0.288. The highest BCUT2D eigenvalue weighted by molar-refractivity contribution is 5.80. The summed E-state index contributed by atoms with van der Waals surface area (Å²) in [5.74, 6) is -0.971. The number of carbonyl (C=O) groups is 1. The van der Waals surface area contributed by atoms with E-state index in [0.717, 1.165) is 38.2 Å². The summed E-state index contributed by atoms with van der Waals surface area (Å²) in [5.41, 5.74) is 5.96. The van der Waals surface area contributed by atoms with Crippen molar-refractivity contribution in [3.63, 3.8) is 0 Å². The minimum Gasteiger partial charge on any atom is -0.478 e. The molecule has 4 heteroatoms. The molecule has 0 atom stereocenters. The van der Waals surface area contributed by atoms with Crippen LogP contribution in [0.5, 0.6) is 0 Å². The molecule has 0 aliphatic rings. The molecule has 0 aromatic carbocycles. The number of hydrogen-bond donors (Lipinski definition) is 3. The van der Waals surface area contributed by atoms with Crippen LogP contribution in [0.3, 0.4) is 0 Å². The van der Waals surface area contributed by atoms with Gasteiger partial charge in [0.05, 0.1) is 0 Å². The molecule has 0 aromatic heterocycles. The van der Waals surface area contributed by atoms with Crippen LogP contribution in [0.4, 0.5) is 0 Å². The normalized spacial score (nSPS) is 11.7. The van der Waals surface area contributed by atoms with Crippen LogP contribution in [0, 0.1) is 0 Å². The minimum atomic E-state index is -0.971. The number of aliphatic hydroxyl groups is 1. The van der Waals surface area contributed by atoms with Crippen molar-refractivity contribution in [2.24, 2.45) is 5.73 Å². The zero-order valence-electron chi connectivity index (χ0n) is 9.82. The molecular formula is C12H23NO3. The maximum absolute atomic E-state index is 10.3. The second kappa shape index (κ2) is 10.5. The van der Waals surface area contributed by atoms with E-state index in [1.165, 1.54) is 12.8 Å². The summed E-state index contributed by atoms with van der Waals surface area (Å²) < 4.78 is 0. The van der Waals surface area contributed by atoms with Crippen LogP contribution >= 0.6 is 0 Å². The first-order chi connectivity index (χ1) is 7.66. The van der Waals surface area contributed by atoms with E-state index in [9.17, 15) is 4.79 Å². The van der Waals surface area contributed by atoms with Crippen LogP contribution in [-0.4, -0.2) is 22.8 Å². The zero-order chi connectivity index (χ0) is 12.2. The van der Waals surface area contributed by atoms with Crippen molar-refractivity contribution in [1.29, 1.82) is 0 Å². The Morgan fingerprint density at radius 1 is 1.00 bits per heavy atom. The molecule has 0 unspecified atom stereocenters. The average Bonchev–Trinajstić information content (AvgIpc) is 2.21. The van der Waals surface area contributed by atoms with Crippen molar-refractivity contribution in [2.75, 3.05) is 6.61 Å². The smallest absolute Gasteiger partial charge is 0.330 e. The van der Waals surface area contributed by atoms with Gasteiger partial charge in [-0.15, -0.1) is 0 Å². The number of nitrogens with two attached hydrogens (primary N) is 1. The van der Waals surface area contributed by atoms with Gasteiger partial charge in [0.15, 0.2) is 0 Å². The van der Waals surface area contributed by atoms with E-state index in [2.05, 4.69) is 0 Å². The molecule has 0 saturated heterocycles. The summed E-state index contributed by atoms with van der Waals surface area (Å²) in [6.07, 6.45) is 9.29. The fourth-order valence-corrected chi connectivity index (χ4v) is 1.56. The number of rotatable bonds is 10. The van der Waals surface area contributed by atoms with Crippen LogP contribution in [0.25, 0.3) is 0 Å². The molecule has 0 aliphatic carbocycles. The van der Waals surface area contributed by atoms with E-state index in [4.69, 9.17) is 15.9 Å². The lowest BCUT2D eigenvalue weighted by molar-refractivity contribution is -0.131. The zero-order valence-corrected chi connectivity index (χ0v) is 9.82. The third-order valence-corrected chi connectivity index (χ3v) is 2.43. The molecule has 0 aliphatic heterocycles. The molecule has 0 saturated carbocycles. The maximum atomic E-state index is 10.3. The molecule has 0 heterocycles. The highest BCUT2D eigenvalue weighted by atomic mass is 16.4. The van der Waals surface area contributed by atoms with Crippen LogP contribution in [0.2, 0.25) is 0 Å². The number of carboxylic acid groups (broad SMARTS) is 1. The van der Waals surface area contributed by atoms with Crippen molar-refractivity contribution in [1.82, 2.24) is 0 Å². The van der Waals surface area contributed by atoms with Gasteiger partial charge in [0.1, 0.15) is 0 Å². The Morgan fingerprint density at radius 3 is 2.00 bits per heavy atom. The predicted molar refractivity (Wildman–Crippen MR) is 63.9 cm³/mol. The lowest BCUT2D eigenvalue weighted by Gasteiger charge is -2.01. The summed E-state index contributed by atoms with van der Waals surface area (Å²) in [4.78, 5) is 10.3. The molecule has 4 N–H and O–H groups in total. The minimum absolute atomic E-state index is 0.288.